The summed E-state index contributed by atoms with van der Waals surface area (Å²) in [5.74, 6) is -0.383. The van der Waals surface area contributed by atoms with Gasteiger partial charge in [-0.1, -0.05) is 50.1 Å². The zero-order chi connectivity index (χ0) is 20.5. The van der Waals surface area contributed by atoms with Crippen LogP contribution >= 0.6 is 0 Å². The first-order valence-electron chi connectivity index (χ1n) is 8.60. The molecule has 0 fully saturated rings. The molecule has 28 heavy (non-hydrogen) atoms. The predicted octanol–water partition coefficient (Wildman–Crippen LogP) is 3.69. The highest BCUT2D eigenvalue weighted by atomic mass is 32.2. The molecule has 146 valence electrons. The second-order valence-corrected chi connectivity index (χ2v) is 9.45. The third-order valence-corrected chi connectivity index (χ3v) is 5.33. The van der Waals surface area contributed by atoms with Gasteiger partial charge in [-0.15, -0.1) is 5.10 Å². The Bertz CT molecular complexity index is 1110. The van der Waals surface area contributed by atoms with Gasteiger partial charge >= 0.3 is 6.01 Å². The number of sulfone groups is 1. The van der Waals surface area contributed by atoms with E-state index in [1.165, 1.54) is 6.07 Å². The number of amides is 1. The number of aromatic nitrogens is 2. The first kappa shape index (κ1) is 19.8. The third kappa shape index (κ3) is 4.28. The van der Waals surface area contributed by atoms with Crippen LogP contribution in [0.1, 0.15) is 36.7 Å². The molecule has 0 aliphatic rings. The summed E-state index contributed by atoms with van der Waals surface area (Å²) in [6.07, 6.45) is 1.10. The minimum Gasteiger partial charge on any atom is -0.403 e. The number of carbonyl (C=O) groups is 1. The van der Waals surface area contributed by atoms with Crippen molar-refractivity contribution in [2.45, 2.75) is 31.1 Å². The molecular weight excluding hydrogens is 378 g/mol. The lowest BCUT2D eigenvalue weighted by atomic mass is 9.87. The van der Waals surface area contributed by atoms with Crippen LogP contribution in [-0.2, 0) is 15.3 Å². The summed E-state index contributed by atoms with van der Waals surface area (Å²) in [7, 11) is -3.47. The van der Waals surface area contributed by atoms with Crippen molar-refractivity contribution in [3.05, 3.63) is 59.7 Å². The Kier molecular flexibility index (Phi) is 5.08. The summed E-state index contributed by atoms with van der Waals surface area (Å²) in [4.78, 5) is 12.5. The van der Waals surface area contributed by atoms with E-state index in [-0.39, 0.29) is 27.8 Å². The first-order chi connectivity index (χ1) is 13.1. The van der Waals surface area contributed by atoms with Gasteiger partial charge in [0.1, 0.15) is 0 Å². The molecule has 0 unspecified atom stereocenters. The minimum atomic E-state index is -3.47. The fourth-order valence-electron chi connectivity index (χ4n) is 2.64. The van der Waals surface area contributed by atoms with Crippen LogP contribution < -0.4 is 5.32 Å². The smallest absolute Gasteiger partial charge is 0.322 e. The molecular formula is C20H21N3O4S. The summed E-state index contributed by atoms with van der Waals surface area (Å²) in [5.41, 5.74) is 1.84. The highest BCUT2D eigenvalue weighted by Crippen LogP contribution is 2.27. The second kappa shape index (κ2) is 7.20. The number of benzene rings is 2. The normalized spacial score (nSPS) is 12.0. The lowest BCUT2D eigenvalue weighted by Gasteiger charge is -2.18. The highest BCUT2D eigenvalue weighted by Gasteiger charge is 2.20. The molecule has 3 rings (SSSR count). The van der Waals surface area contributed by atoms with E-state index in [1.807, 2.05) is 12.1 Å². The molecule has 0 saturated carbocycles. The van der Waals surface area contributed by atoms with Crippen molar-refractivity contribution in [2.75, 3.05) is 11.6 Å². The first-order valence-corrected chi connectivity index (χ1v) is 10.5. The standard InChI is InChI=1S/C20H21N3O4S/c1-20(2,3)14-11-9-13(10-12-14)17(24)21-19-23-22-18(27-19)15-7-5-6-8-16(15)28(4,25)26/h5-12H,1-4H3,(H,21,23,24). The quantitative estimate of drug-likeness (QED) is 0.718. The number of nitrogens with one attached hydrogen (secondary N) is 1. The van der Waals surface area contributed by atoms with Crippen LogP contribution in [-0.4, -0.2) is 30.8 Å². The molecule has 0 aliphatic heterocycles. The van der Waals surface area contributed by atoms with Gasteiger partial charge < -0.3 is 4.42 Å². The van der Waals surface area contributed by atoms with Gasteiger partial charge in [-0.3, -0.25) is 10.1 Å². The van der Waals surface area contributed by atoms with E-state index >= 15 is 0 Å². The molecule has 0 radical (unpaired) electrons. The molecule has 3 aromatic rings. The van der Waals surface area contributed by atoms with Crippen molar-refractivity contribution in [2.24, 2.45) is 0 Å². The molecule has 1 N–H and O–H groups in total. The van der Waals surface area contributed by atoms with Gasteiger partial charge in [0.05, 0.1) is 10.5 Å². The van der Waals surface area contributed by atoms with Crippen molar-refractivity contribution >= 4 is 21.8 Å². The summed E-state index contributed by atoms with van der Waals surface area (Å²) in [6, 6.07) is 13.5. The van der Waals surface area contributed by atoms with E-state index in [0.717, 1.165) is 11.8 Å². The van der Waals surface area contributed by atoms with Crippen LogP contribution in [0.25, 0.3) is 11.5 Å². The lowest BCUT2D eigenvalue weighted by Crippen LogP contribution is -2.14. The summed E-state index contributed by atoms with van der Waals surface area (Å²) < 4.78 is 29.3. The molecule has 8 heteroatoms. The van der Waals surface area contributed by atoms with Crippen molar-refractivity contribution in [1.29, 1.82) is 0 Å². The average molecular weight is 399 g/mol. The number of anilines is 1. The Morgan fingerprint density at radius 2 is 1.64 bits per heavy atom. The number of hydrogen-bond acceptors (Lipinski definition) is 6. The molecule has 7 nitrogen and oxygen atoms in total. The maximum absolute atomic E-state index is 12.4. The number of hydrogen-bond donors (Lipinski definition) is 1. The van der Waals surface area contributed by atoms with Crippen LogP contribution in [0.4, 0.5) is 6.01 Å². The lowest BCUT2D eigenvalue weighted by molar-refractivity contribution is 0.102. The molecule has 1 aromatic heterocycles. The van der Waals surface area contributed by atoms with Gasteiger partial charge in [-0.05, 0) is 35.2 Å². The van der Waals surface area contributed by atoms with Crippen molar-refractivity contribution < 1.29 is 17.6 Å². The van der Waals surface area contributed by atoms with Crippen molar-refractivity contribution in [3.8, 4) is 11.5 Å². The van der Waals surface area contributed by atoms with Crippen LogP contribution in [0.15, 0.2) is 57.8 Å². The molecule has 0 saturated heterocycles. The zero-order valence-corrected chi connectivity index (χ0v) is 16.9. The van der Waals surface area contributed by atoms with E-state index in [4.69, 9.17) is 4.42 Å². The average Bonchev–Trinajstić information content (AvgIpc) is 3.09. The monoisotopic (exact) mass is 399 g/mol. The molecule has 0 atom stereocenters. The third-order valence-electron chi connectivity index (χ3n) is 4.18. The molecule has 2 aromatic carbocycles. The highest BCUT2D eigenvalue weighted by molar-refractivity contribution is 7.90. The molecule has 0 spiro atoms. The van der Waals surface area contributed by atoms with E-state index in [2.05, 4.69) is 36.3 Å². The minimum absolute atomic E-state index is 0.0105. The number of carbonyl (C=O) groups excluding carboxylic acids is 1. The van der Waals surface area contributed by atoms with E-state index < -0.39 is 15.7 Å². The summed E-state index contributed by atoms with van der Waals surface area (Å²) in [6.45, 7) is 6.28. The van der Waals surface area contributed by atoms with Gasteiger partial charge in [-0.25, -0.2) is 8.42 Å². The SMILES string of the molecule is CC(C)(C)c1ccc(C(=O)Nc2nnc(-c3ccccc3S(C)(=O)=O)o2)cc1. The van der Waals surface area contributed by atoms with E-state index in [0.29, 0.717) is 5.56 Å². The second-order valence-electron chi connectivity index (χ2n) is 7.46. The largest absolute Gasteiger partial charge is 0.403 e. The fourth-order valence-corrected chi connectivity index (χ4v) is 3.52. The van der Waals surface area contributed by atoms with E-state index in [9.17, 15) is 13.2 Å². The number of rotatable bonds is 4. The predicted molar refractivity (Wildman–Crippen MR) is 106 cm³/mol. The Balaban J connectivity index is 1.82. The van der Waals surface area contributed by atoms with Gasteiger partial charge in [-0.2, -0.15) is 0 Å². The Morgan fingerprint density at radius 3 is 2.25 bits per heavy atom. The van der Waals surface area contributed by atoms with Crippen LogP contribution in [0.2, 0.25) is 0 Å². The molecule has 0 aliphatic carbocycles. The van der Waals surface area contributed by atoms with Crippen LogP contribution in [0, 0.1) is 0 Å². The van der Waals surface area contributed by atoms with Crippen LogP contribution in [0.3, 0.4) is 0 Å². The summed E-state index contributed by atoms with van der Waals surface area (Å²) in [5, 5.41) is 10.2. The summed E-state index contributed by atoms with van der Waals surface area (Å²) >= 11 is 0. The van der Waals surface area contributed by atoms with E-state index in [1.54, 1.807) is 30.3 Å². The Hall–Kier alpha value is -3.00. The van der Waals surface area contributed by atoms with Gasteiger partial charge in [0.15, 0.2) is 9.84 Å². The van der Waals surface area contributed by atoms with Crippen LogP contribution in [0.5, 0.6) is 0 Å². The van der Waals surface area contributed by atoms with Gasteiger partial charge in [0, 0.05) is 11.8 Å². The number of nitrogens with zero attached hydrogens (tertiary/aromatic N) is 2. The fraction of sp³-hybridized carbons (Fsp3) is 0.250. The van der Waals surface area contributed by atoms with Crippen molar-refractivity contribution in [3.63, 3.8) is 0 Å². The van der Waals surface area contributed by atoms with Gasteiger partial charge in [0.25, 0.3) is 11.8 Å². The zero-order valence-electron chi connectivity index (χ0n) is 16.1. The van der Waals surface area contributed by atoms with Gasteiger partial charge in [0.2, 0.25) is 0 Å². The molecule has 0 bridgehead atoms. The maximum atomic E-state index is 12.4. The maximum Gasteiger partial charge on any atom is 0.322 e. The Labute approximate surface area is 163 Å². The molecule has 1 heterocycles. The topological polar surface area (TPSA) is 102 Å². The Morgan fingerprint density at radius 1 is 1.00 bits per heavy atom. The van der Waals surface area contributed by atoms with Crippen molar-refractivity contribution in [1.82, 2.24) is 10.2 Å². The molecule has 1 amide bonds.